The number of hydrogen-bond donors (Lipinski definition) is 1. The maximum Gasteiger partial charge on any atom is 0.358 e. The highest BCUT2D eigenvalue weighted by Gasteiger charge is 2.32. The Bertz CT molecular complexity index is 1260. The van der Waals surface area contributed by atoms with Gasteiger partial charge < -0.3 is 15.0 Å². The van der Waals surface area contributed by atoms with Gasteiger partial charge in [-0.2, -0.15) is 0 Å². The molecule has 33 heavy (non-hydrogen) atoms. The first-order valence-corrected chi connectivity index (χ1v) is 12.7. The average molecular weight is 484 g/mol. The smallest absolute Gasteiger partial charge is 0.358 e. The van der Waals surface area contributed by atoms with Crippen molar-refractivity contribution >= 4 is 43.9 Å². The lowest BCUT2D eigenvalue weighted by Gasteiger charge is -2.27. The predicted molar refractivity (Wildman–Crippen MR) is 127 cm³/mol. The Balaban J connectivity index is 1.38. The number of rotatable bonds is 8. The number of para-hydroxylation sites is 1. The average Bonchev–Trinajstić information content (AvgIpc) is 3.44. The number of anilines is 2. The van der Waals surface area contributed by atoms with Crippen molar-refractivity contribution < 1.29 is 22.7 Å². The van der Waals surface area contributed by atoms with Crippen molar-refractivity contribution in [2.45, 2.75) is 12.6 Å². The molecule has 0 spiro atoms. The zero-order valence-electron chi connectivity index (χ0n) is 17.5. The lowest BCUT2D eigenvalue weighted by atomic mass is 10.2. The van der Waals surface area contributed by atoms with Crippen molar-refractivity contribution in [1.82, 2.24) is 4.98 Å². The minimum Gasteiger partial charge on any atom is -0.451 e. The normalized spacial score (nSPS) is 16.3. The van der Waals surface area contributed by atoms with Crippen LogP contribution in [-0.4, -0.2) is 43.7 Å². The second-order valence-corrected chi connectivity index (χ2v) is 10.1. The molecule has 10 heteroatoms. The van der Waals surface area contributed by atoms with Crippen LogP contribution in [0.4, 0.5) is 10.8 Å². The molecular formula is C23H21N3O5S2. The maximum absolute atomic E-state index is 12.9. The van der Waals surface area contributed by atoms with Crippen LogP contribution in [0, 0.1) is 0 Å². The number of benzene rings is 2. The van der Waals surface area contributed by atoms with Crippen LogP contribution in [0.2, 0.25) is 0 Å². The Morgan fingerprint density at radius 2 is 1.79 bits per heavy atom. The molecule has 0 radical (unpaired) electrons. The molecule has 0 bridgehead atoms. The molecule has 1 aliphatic heterocycles. The second-order valence-electron chi connectivity index (χ2n) is 7.28. The number of sulfone groups is 1. The summed E-state index contributed by atoms with van der Waals surface area (Å²) in [6, 6.07) is 17.8. The summed E-state index contributed by atoms with van der Waals surface area (Å²) in [4.78, 5) is 30.9. The van der Waals surface area contributed by atoms with Crippen molar-refractivity contribution in [3.63, 3.8) is 0 Å². The first-order chi connectivity index (χ1) is 15.9. The number of carbonyl (C=O) groups excluding carboxylic acids is 2. The fraction of sp³-hybridized carbons (Fsp3) is 0.174. The van der Waals surface area contributed by atoms with Crippen LogP contribution in [0.1, 0.15) is 16.1 Å². The molecular weight excluding hydrogens is 462 g/mol. The highest BCUT2D eigenvalue weighted by molar-refractivity contribution is 7.94. The Labute approximate surface area is 195 Å². The number of esters is 1. The van der Waals surface area contributed by atoms with E-state index in [1.165, 1.54) is 22.3 Å². The van der Waals surface area contributed by atoms with Crippen LogP contribution in [0.3, 0.4) is 0 Å². The number of aromatic nitrogens is 1. The summed E-state index contributed by atoms with van der Waals surface area (Å²) in [5, 5.41) is 6.37. The van der Waals surface area contributed by atoms with Crippen LogP contribution in [0.15, 0.2) is 77.5 Å². The van der Waals surface area contributed by atoms with Crippen LogP contribution in [-0.2, 0) is 25.9 Å². The Morgan fingerprint density at radius 3 is 2.45 bits per heavy atom. The van der Waals surface area contributed by atoms with Crippen molar-refractivity contribution in [2.24, 2.45) is 0 Å². The largest absolute Gasteiger partial charge is 0.451 e. The number of nitrogens with one attached hydrogen (secondary N) is 1. The van der Waals surface area contributed by atoms with E-state index in [0.717, 1.165) is 11.0 Å². The molecule has 1 N–H and O–H groups in total. The number of nitrogens with zero attached hydrogens (tertiary/aromatic N) is 2. The van der Waals surface area contributed by atoms with Gasteiger partial charge in [0.05, 0.1) is 11.8 Å². The number of hydrogen-bond acceptors (Lipinski definition) is 8. The Morgan fingerprint density at radius 1 is 1.09 bits per heavy atom. The zero-order chi connectivity index (χ0) is 23.3. The summed E-state index contributed by atoms with van der Waals surface area (Å²) in [5.74, 6) is -1.47. The van der Waals surface area contributed by atoms with Gasteiger partial charge in [0.1, 0.15) is 0 Å². The molecule has 1 amide bonds. The van der Waals surface area contributed by atoms with Gasteiger partial charge in [-0.15, -0.1) is 11.3 Å². The summed E-state index contributed by atoms with van der Waals surface area (Å²) >= 11 is 1.26. The number of ether oxygens (including phenoxy) is 1. The van der Waals surface area contributed by atoms with Crippen LogP contribution in [0.5, 0.6) is 0 Å². The number of thiazole rings is 1. The zero-order valence-corrected chi connectivity index (χ0v) is 19.1. The van der Waals surface area contributed by atoms with E-state index >= 15 is 0 Å². The molecule has 0 saturated carbocycles. The van der Waals surface area contributed by atoms with Gasteiger partial charge >= 0.3 is 5.97 Å². The molecule has 0 fully saturated rings. The molecule has 0 aliphatic carbocycles. The van der Waals surface area contributed by atoms with Crippen molar-refractivity contribution in [1.29, 1.82) is 0 Å². The van der Waals surface area contributed by atoms with E-state index in [1.807, 2.05) is 30.3 Å². The molecule has 1 unspecified atom stereocenters. The van der Waals surface area contributed by atoms with Crippen molar-refractivity contribution in [3.8, 4) is 0 Å². The van der Waals surface area contributed by atoms with Crippen molar-refractivity contribution in [3.05, 3.63) is 88.8 Å². The summed E-state index contributed by atoms with van der Waals surface area (Å²) in [6.07, 6.45) is 1.47. The van der Waals surface area contributed by atoms with E-state index in [0.29, 0.717) is 17.4 Å². The highest BCUT2D eigenvalue weighted by atomic mass is 32.2. The van der Waals surface area contributed by atoms with Gasteiger partial charge in [-0.1, -0.05) is 48.5 Å². The van der Waals surface area contributed by atoms with Gasteiger partial charge in [-0.05, 0) is 23.8 Å². The van der Waals surface area contributed by atoms with E-state index in [2.05, 4.69) is 10.3 Å². The van der Waals surface area contributed by atoms with Gasteiger partial charge in [0.2, 0.25) is 0 Å². The lowest BCUT2D eigenvalue weighted by molar-refractivity contribution is -0.121. The monoisotopic (exact) mass is 483 g/mol. The summed E-state index contributed by atoms with van der Waals surface area (Å²) in [6.45, 7) is 0.0214. The van der Waals surface area contributed by atoms with Gasteiger partial charge in [-0.25, -0.2) is 18.2 Å². The lowest BCUT2D eigenvalue weighted by Crippen LogP contribution is -2.43. The van der Waals surface area contributed by atoms with E-state index in [1.54, 1.807) is 35.7 Å². The molecule has 3 aromatic rings. The van der Waals surface area contributed by atoms with Crippen LogP contribution < -0.4 is 10.2 Å². The van der Waals surface area contributed by atoms with Gasteiger partial charge in [0, 0.05) is 23.0 Å². The summed E-state index contributed by atoms with van der Waals surface area (Å²) < 4.78 is 28.9. The third-order valence-electron chi connectivity index (χ3n) is 4.87. The van der Waals surface area contributed by atoms with Gasteiger partial charge in [0.15, 0.2) is 27.3 Å². The van der Waals surface area contributed by atoms with Crippen molar-refractivity contribution in [2.75, 3.05) is 22.6 Å². The molecule has 8 nitrogen and oxygen atoms in total. The molecule has 2 heterocycles. The minimum absolute atomic E-state index is 0.0953. The fourth-order valence-electron chi connectivity index (χ4n) is 3.32. The minimum atomic E-state index is -3.38. The molecule has 0 saturated heterocycles. The van der Waals surface area contributed by atoms with Crippen LogP contribution in [0.25, 0.3) is 0 Å². The standard InChI is InChI=1S/C23H21N3O5S2/c27-21(26(18-9-5-2-6-10-18)19-11-12-33(29,30)16-19)14-31-22(28)20-15-32-23(25-20)24-13-17-7-3-1-4-8-17/h1-12,15,19H,13-14,16H2,(H,24,25). The summed E-state index contributed by atoms with van der Waals surface area (Å²) in [5.41, 5.74) is 1.69. The second kappa shape index (κ2) is 9.97. The van der Waals surface area contributed by atoms with Crippen LogP contribution >= 0.6 is 11.3 Å². The number of carbonyl (C=O) groups is 2. The first-order valence-electron chi connectivity index (χ1n) is 10.1. The molecule has 1 aliphatic rings. The van der Waals surface area contributed by atoms with Gasteiger partial charge in [0.25, 0.3) is 5.91 Å². The van der Waals surface area contributed by atoms with Gasteiger partial charge in [-0.3, -0.25) is 4.79 Å². The third kappa shape index (κ3) is 5.85. The van der Waals surface area contributed by atoms with E-state index < -0.39 is 34.4 Å². The molecule has 1 atom stereocenters. The Kier molecular flexibility index (Phi) is 6.85. The topological polar surface area (TPSA) is 106 Å². The molecule has 170 valence electrons. The van der Waals surface area contributed by atoms with E-state index in [4.69, 9.17) is 4.74 Å². The third-order valence-corrected chi connectivity index (χ3v) is 7.05. The molecule has 2 aromatic carbocycles. The van der Waals surface area contributed by atoms with E-state index in [9.17, 15) is 18.0 Å². The molecule has 4 rings (SSSR count). The Hall–Kier alpha value is -3.50. The SMILES string of the molecule is O=C(OCC(=O)N(c1ccccc1)C1C=CS(=O)(=O)C1)c1csc(NCc2ccccc2)n1. The predicted octanol–water partition coefficient (Wildman–Crippen LogP) is 3.26. The number of amides is 1. The maximum atomic E-state index is 12.9. The first kappa shape index (κ1) is 22.7. The highest BCUT2D eigenvalue weighted by Crippen LogP contribution is 2.23. The van der Waals surface area contributed by atoms with E-state index in [-0.39, 0.29) is 11.4 Å². The fourth-order valence-corrected chi connectivity index (χ4v) is 5.27. The quantitative estimate of drug-likeness (QED) is 0.490. The summed E-state index contributed by atoms with van der Waals surface area (Å²) in [7, 11) is -3.38. The molecule has 1 aromatic heterocycles.